The van der Waals surface area contributed by atoms with Crippen molar-refractivity contribution in [2.75, 3.05) is 77.9 Å². The number of aromatic nitrogens is 1. The summed E-state index contributed by atoms with van der Waals surface area (Å²) < 4.78 is 58.1. The van der Waals surface area contributed by atoms with Gasteiger partial charge in [-0.1, -0.05) is 12.0 Å². The monoisotopic (exact) mass is 645 g/mol. The largest absolute Gasteiger partial charge is 0.489 e. The number of aliphatic hydroxyl groups is 1. The Hall–Kier alpha value is -3.96. The lowest BCUT2D eigenvalue weighted by Crippen LogP contribution is -2.43. The second-order valence-corrected chi connectivity index (χ2v) is 11.1. The molecular weight excluding hydrogens is 603 g/mol. The van der Waals surface area contributed by atoms with Crippen molar-refractivity contribution in [3.63, 3.8) is 0 Å². The number of carbonyl (C=O) groups excluding carboxylic acids is 1. The number of piperidine rings is 1. The maximum atomic E-state index is 13.7. The van der Waals surface area contributed by atoms with Crippen LogP contribution in [0.15, 0.2) is 42.5 Å². The molecule has 10 nitrogen and oxygen atoms in total. The number of rotatable bonds is 14. The predicted molar refractivity (Wildman–Crippen MR) is 172 cm³/mol. The lowest BCUT2D eigenvalue weighted by atomic mass is 10.0. The molecule has 13 heteroatoms. The van der Waals surface area contributed by atoms with Crippen LogP contribution in [0, 0.1) is 11.8 Å². The van der Waals surface area contributed by atoms with Gasteiger partial charge in [0.15, 0.2) is 0 Å². The number of likely N-dealkylation sites (tertiary alicyclic amines) is 1. The number of hydrogen-bond donors (Lipinski definition) is 4. The van der Waals surface area contributed by atoms with E-state index in [4.69, 9.17) is 14.2 Å². The van der Waals surface area contributed by atoms with Crippen molar-refractivity contribution >= 4 is 28.2 Å². The molecule has 1 amide bonds. The van der Waals surface area contributed by atoms with E-state index in [1.165, 1.54) is 11.6 Å². The van der Waals surface area contributed by atoms with E-state index < -0.39 is 18.8 Å². The molecule has 1 unspecified atom stereocenters. The van der Waals surface area contributed by atoms with Gasteiger partial charge in [0, 0.05) is 63.6 Å². The third kappa shape index (κ3) is 9.77. The van der Waals surface area contributed by atoms with E-state index in [9.17, 15) is 23.1 Å². The predicted octanol–water partition coefficient (Wildman–Crippen LogP) is 3.94. The highest BCUT2D eigenvalue weighted by atomic mass is 19.4. The van der Waals surface area contributed by atoms with Crippen LogP contribution in [0.1, 0.15) is 28.9 Å². The number of β-amino-alcohol motifs (C(OH)–C–C–N with tert-alkyl or cyclic N) is 1. The van der Waals surface area contributed by atoms with E-state index in [1.54, 1.807) is 50.6 Å². The summed E-state index contributed by atoms with van der Waals surface area (Å²) in [7, 11) is 4.65. The first kappa shape index (κ1) is 34.9. The molecule has 0 saturated carbocycles. The van der Waals surface area contributed by atoms with E-state index in [1.807, 2.05) is 6.07 Å². The first-order valence-corrected chi connectivity index (χ1v) is 15.2. The summed E-state index contributed by atoms with van der Waals surface area (Å²) >= 11 is 0. The Morgan fingerprint density at radius 1 is 1.09 bits per heavy atom. The molecule has 4 N–H and O–H groups in total. The van der Waals surface area contributed by atoms with Crippen molar-refractivity contribution in [3.8, 4) is 17.6 Å². The van der Waals surface area contributed by atoms with Crippen molar-refractivity contribution in [1.82, 2.24) is 14.8 Å². The Bertz CT molecular complexity index is 1510. The SMILES string of the molecule is CNC(=O)c1ccc(NCC#Cc2cc3c(NC4CCN(CC(O)COC)CC4)cccc3n2CC(F)(F)F)c(OCCOC)c1. The van der Waals surface area contributed by atoms with Gasteiger partial charge in [-0.25, -0.2) is 0 Å². The Kier molecular flexibility index (Phi) is 12.6. The van der Waals surface area contributed by atoms with Crippen LogP contribution in [0.25, 0.3) is 10.9 Å². The van der Waals surface area contributed by atoms with Gasteiger partial charge in [0.05, 0.1) is 42.8 Å². The van der Waals surface area contributed by atoms with Gasteiger partial charge in [0.1, 0.15) is 18.9 Å². The number of anilines is 2. The van der Waals surface area contributed by atoms with Crippen LogP contribution in [0.2, 0.25) is 0 Å². The third-order valence-electron chi connectivity index (χ3n) is 7.66. The Morgan fingerprint density at radius 2 is 1.87 bits per heavy atom. The average molecular weight is 646 g/mol. The molecule has 1 fully saturated rings. The number of hydrogen-bond acceptors (Lipinski definition) is 8. The average Bonchev–Trinajstić information content (AvgIpc) is 3.37. The summed E-state index contributed by atoms with van der Waals surface area (Å²) in [6.07, 6.45) is -3.32. The molecule has 2 aromatic carbocycles. The topological polar surface area (TPSA) is 109 Å². The van der Waals surface area contributed by atoms with Crippen molar-refractivity contribution < 1.29 is 37.3 Å². The highest BCUT2D eigenvalue weighted by molar-refractivity contribution is 5.95. The number of fused-ring (bicyclic) bond motifs is 1. The first-order valence-electron chi connectivity index (χ1n) is 15.2. The zero-order valence-corrected chi connectivity index (χ0v) is 26.4. The fraction of sp³-hybridized carbons (Fsp3) is 0.485. The van der Waals surface area contributed by atoms with Crippen LogP contribution in [0.3, 0.4) is 0 Å². The summed E-state index contributed by atoms with van der Waals surface area (Å²) in [4.78, 5) is 14.3. The number of ether oxygens (including phenoxy) is 3. The minimum Gasteiger partial charge on any atom is -0.489 e. The van der Waals surface area contributed by atoms with Crippen molar-refractivity contribution in [2.45, 2.75) is 37.7 Å². The summed E-state index contributed by atoms with van der Waals surface area (Å²) in [5.74, 6) is 6.04. The molecule has 1 saturated heterocycles. The molecular formula is C33H42F3N5O5. The number of benzene rings is 2. The number of methoxy groups -OCH3 is 2. The van der Waals surface area contributed by atoms with E-state index in [0.717, 1.165) is 31.6 Å². The van der Waals surface area contributed by atoms with Crippen LogP contribution >= 0.6 is 0 Å². The number of alkyl halides is 3. The number of aliphatic hydroxyl groups excluding tert-OH is 1. The fourth-order valence-corrected chi connectivity index (χ4v) is 5.47. The molecule has 0 aliphatic carbocycles. The Labute approximate surface area is 267 Å². The zero-order chi connectivity index (χ0) is 33.1. The van der Waals surface area contributed by atoms with Crippen molar-refractivity contribution in [2.24, 2.45) is 0 Å². The van der Waals surface area contributed by atoms with Gasteiger partial charge < -0.3 is 44.7 Å². The minimum atomic E-state index is -4.44. The van der Waals surface area contributed by atoms with Gasteiger partial charge in [0.25, 0.3) is 5.91 Å². The molecule has 3 aromatic rings. The fourth-order valence-electron chi connectivity index (χ4n) is 5.47. The second-order valence-electron chi connectivity index (χ2n) is 11.1. The van der Waals surface area contributed by atoms with Crippen LogP contribution in [0.5, 0.6) is 5.75 Å². The lowest BCUT2D eigenvalue weighted by molar-refractivity contribution is -0.140. The summed E-state index contributed by atoms with van der Waals surface area (Å²) in [6, 6.07) is 12.1. The van der Waals surface area contributed by atoms with Gasteiger partial charge >= 0.3 is 6.18 Å². The molecule has 1 aromatic heterocycles. The Morgan fingerprint density at radius 3 is 2.57 bits per heavy atom. The molecule has 2 heterocycles. The van der Waals surface area contributed by atoms with Crippen LogP contribution in [-0.2, 0) is 16.0 Å². The van der Waals surface area contributed by atoms with E-state index in [2.05, 4.69) is 32.7 Å². The van der Waals surface area contributed by atoms with Gasteiger partial charge in [-0.05, 0) is 55.2 Å². The molecule has 1 aliphatic rings. The van der Waals surface area contributed by atoms with Crippen molar-refractivity contribution in [3.05, 3.63) is 53.7 Å². The summed E-state index contributed by atoms with van der Waals surface area (Å²) in [6.45, 7) is 1.97. The van der Waals surface area contributed by atoms with Crippen molar-refractivity contribution in [1.29, 1.82) is 0 Å². The van der Waals surface area contributed by atoms with Crippen LogP contribution in [-0.4, -0.2) is 106 Å². The lowest BCUT2D eigenvalue weighted by Gasteiger charge is -2.34. The smallest absolute Gasteiger partial charge is 0.406 e. The molecule has 250 valence electrons. The van der Waals surface area contributed by atoms with Crippen LogP contribution in [0.4, 0.5) is 24.5 Å². The normalized spacial score (nSPS) is 14.8. The number of amides is 1. The summed E-state index contributed by atoms with van der Waals surface area (Å²) in [5, 5.41) is 20.0. The number of carbonyl (C=O) groups is 1. The zero-order valence-electron chi connectivity index (χ0n) is 26.4. The standard InChI is InChI=1S/C33H42F3N5O5/c1-37-32(43)23-9-10-29(31(18-23)46-17-16-44-2)38-13-5-6-25-19-27-28(7-4-8-30(27)41(25)22-33(34,35)36)39-24-11-14-40(15-12-24)20-26(42)21-45-3/h4,7-10,18-19,24,26,38-39,42H,11-17,20-22H2,1-3H3,(H,37,43). The first-order chi connectivity index (χ1) is 22.1. The second kappa shape index (κ2) is 16.6. The van der Waals surface area contributed by atoms with Gasteiger partial charge in [-0.2, -0.15) is 13.2 Å². The third-order valence-corrected chi connectivity index (χ3v) is 7.66. The summed E-state index contributed by atoms with van der Waals surface area (Å²) in [5.41, 5.74) is 2.44. The highest BCUT2D eigenvalue weighted by Crippen LogP contribution is 2.31. The van der Waals surface area contributed by atoms with Crippen LogP contribution < -0.4 is 20.7 Å². The number of halogens is 3. The molecule has 1 aliphatic heterocycles. The Balaban J connectivity index is 1.51. The highest BCUT2D eigenvalue weighted by Gasteiger charge is 2.30. The maximum absolute atomic E-state index is 13.7. The van der Waals surface area contributed by atoms with E-state index >= 15 is 0 Å². The van der Waals surface area contributed by atoms with Gasteiger partial charge in [-0.15, -0.1) is 0 Å². The maximum Gasteiger partial charge on any atom is 0.406 e. The van der Waals surface area contributed by atoms with Gasteiger partial charge in [-0.3, -0.25) is 4.79 Å². The molecule has 0 spiro atoms. The number of nitrogens with zero attached hydrogens (tertiary/aromatic N) is 2. The molecule has 0 bridgehead atoms. The van der Waals surface area contributed by atoms with E-state index in [0.29, 0.717) is 41.1 Å². The molecule has 4 rings (SSSR count). The van der Waals surface area contributed by atoms with E-state index in [-0.39, 0.29) is 37.4 Å². The van der Waals surface area contributed by atoms with Gasteiger partial charge in [0.2, 0.25) is 0 Å². The molecule has 0 radical (unpaired) electrons. The molecule has 1 atom stereocenters. The quantitative estimate of drug-likeness (QED) is 0.154. The number of nitrogens with one attached hydrogen (secondary N) is 3. The minimum absolute atomic E-state index is 0.121. The molecule has 46 heavy (non-hydrogen) atoms.